The van der Waals surface area contributed by atoms with E-state index in [2.05, 4.69) is 228 Å². The van der Waals surface area contributed by atoms with E-state index in [0.29, 0.717) is 0 Å². The summed E-state index contributed by atoms with van der Waals surface area (Å²) in [6.45, 7) is 0. The molecule has 0 saturated carbocycles. The highest BCUT2D eigenvalue weighted by Gasteiger charge is 2.16. The molecule has 254 valence electrons. The fourth-order valence-corrected chi connectivity index (χ4v) is 8.00. The molecule has 10 aromatic rings. The van der Waals surface area contributed by atoms with E-state index in [1.807, 2.05) is 0 Å². The molecule has 1 aromatic heterocycles. The van der Waals surface area contributed by atoms with Crippen molar-refractivity contribution in [1.29, 1.82) is 0 Å². The maximum absolute atomic E-state index is 2.38. The first-order chi connectivity index (χ1) is 26.8. The van der Waals surface area contributed by atoms with Gasteiger partial charge in [0.05, 0.1) is 11.0 Å². The van der Waals surface area contributed by atoms with Crippen LogP contribution in [-0.2, 0) is 0 Å². The van der Waals surface area contributed by atoms with Crippen molar-refractivity contribution in [3.8, 4) is 39.1 Å². The lowest BCUT2D eigenvalue weighted by molar-refractivity contribution is 1.18. The quantitative estimate of drug-likeness (QED) is 0.162. The maximum atomic E-state index is 2.38. The van der Waals surface area contributed by atoms with Crippen molar-refractivity contribution in [3.05, 3.63) is 218 Å². The van der Waals surface area contributed by atoms with Gasteiger partial charge in [-0.1, -0.05) is 158 Å². The van der Waals surface area contributed by atoms with Crippen molar-refractivity contribution in [2.45, 2.75) is 0 Å². The molecule has 0 bridgehead atoms. The molecule has 0 aliphatic rings. The van der Waals surface area contributed by atoms with Crippen LogP contribution in [0.5, 0.6) is 0 Å². The molecular weight excluding hydrogens is 653 g/mol. The van der Waals surface area contributed by atoms with Crippen LogP contribution in [0.2, 0.25) is 0 Å². The normalized spacial score (nSPS) is 11.3. The zero-order valence-corrected chi connectivity index (χ0v) is 29.7. The Hall–Kier alpha value is -7.16. The summed E-state index contributed by atoms with van der Waals surface area (Å²) in [5.74, 6) is 0. The minimum atomic E-state index is 1.10. The summed E-state index contributed by atoms with van der Waals surface area (Å²) in [4.78, 5) is 2.36. The van der Waals surface area contributed by atoms with E-state index in [0.717, 1.165) is 22.7 Å². The average molecular weight is 689 g/mol. The van der Waals surface area contributed by atoms with Crippen molar-refractivity contribution < 1.29 is 0 Å². The Balaban J connectivity index is 1.05. The third kappa shape index (κ3) is 5.62. The van der Waals surface area contributed by atoms with Gasteiger partial charge in [-0.05, 0) is 105 Å². The zero-order valence-electron chi connectivity index (χ0n) is 29.7. The number of nitrogens with zero attached hydrogens (tertiary/aromatic N) is 2. The Morgan fingerprint density at radius 1 is 0.296 bits per heavy atom. The minimum Gasteiger partial charge on any atom is -0.310 e. The Morgan fingerprint density at radius 3 is 1.50 bits per heavy atom. The molecule has 0 N–H and O–H groups in total. The van der Waals surface area contributed by atoms with Crippen LogP contribution in [0.3, 0.4) is 0 Å². The molecule has 0 radical (unpaired) electrons. The van der Waals surface area contributed by atoms with E-state index < -0.39 is 0 Å². The van der Waals surface area contributed by atoms with Crippen molar-refractivity contribution in [2.24, 2.45) is 0 Å². The van der Waals surface area contributed by atoms with E-state index in [-0.39, 0.29) is 0 Å². The van der Waals surface area contributed by atoms with E-state index in [4.69, 9.17) is 0 Å². The van der Waals surface area contributed by atoms with Crippen LogP contribution in [-0.4, -0.2) is 4.57 Å². The molecule has 10 rings (SSSR count). The molecule has 0 amide bonds. The van der Waals surface area contributed by atoms with Gasteiger partial charge in [-0.2, -0.15) is 0 Å². The van der Waals surface area contributed by atoms with Crippen LogP contribution in [0.1, 0.15) is 0 Å². The summed E-state index contributed by atoms with van der Waals surface area (Å²) in [5.41, 5.74) is 14.1. The van der Waals surface area contributed by atoms with Gasteiger partial charge in [-0.25, -0.2) is 0 Å². The summed E-state index contributed by atoms with van der Waals surface area (Å²) in [7, 11) is 0. The number of hydrogen-bond donors (Lipinski definition) is 0. The number of hydrogen-bond acceptors (Lipinski definition) is 1. The van der Waals surface area contributed by atoms with Gasteiger partial charge in [-0.15, -0.1) is 0 Å². The first-order valence-corrected chi connectivity index (χ1v) is 18.5. The molecule has 0 saturated heterocycles. The predicted octanol–water partition coefficient (Wildman–Crippen LogP) is 14.4. The summed E-state index contributed by atoms with van der Waals surface area (Å²) < 4.78 is 2.38. The second kappa shape index (κ2) is 13.4. The Kier molecular flexibility index (Phi) is 7.85. The largest absolute Gasteiger partial charge is 0.310 e. The van der Waals surface area contributed by atoms with E-state index in [1.54, 1.807) is 0 Å². The third-order valence-corrected chi connectivity index (χ3v) is 10.6. The van der Waals surface area contributed by atoms with Gasteiger partial charge in [0.2, 0.25) is 0 Å². The van der Waals surface area contributed by atoms with Gasteiger partial charge in [0, 0.05) is 33.5 Å². The average Bonchev–Trinajstić information content (AvgIpc) is 3.59. The fourth-order valence-electron chi connectivity index (χ4n) is 8.00. The minimum absolute atomic E-state index is 1.10. The SMILES string of the molecule is c1ccc(-c2cccc(N(c3ccc(-c4cccc(-n5c6ccccc6c6ccccc65)c4)cc3)c3ccc(-c4cccc5ccccc45)cc3)c2)cc1. The first kappa shape index (κ1) is 31.6. The molecular formula is C52H36N2. The topological polar surface area (TPSA) is 8.17 Å². The smallest absolute Gasteiger partial charge is 0.0541 e. The molecule has 0 aliphatic heterocycles. The van der Waals surface area contributed by atoms with Gasteiger partial charge in [-0.3, -0.25) is 0 Å². The molecule has 0 spiro atoms. The lowest BCUT2D eigenvalue weighted by atomic mass is 9.98. The zero-order chi connectivity index (χ0) is 35.8. The highest BCUT2D eigenvalue weighted by molar-refractivity contribution is 6.09. The molecule has 0 fully saturated rings. The van der Waals surface area contributed by atoms with Gasteiger partial charge >= 0.3 is 0 Å². The van der Waals surface area contributed by atoms with Crippen molar-refractivity contribution in [1.82, 2.24) is 4.57 Å². The highest BCUT2D eigenvalue weighted by atomic mass is 15.1. The molecule has 1 heterocycles. The number of rotatable bonds is 7. The number of aromatic nitrogens is 1. The van der Waals surface area contributed by atoms with Gasteiger partial charge in [0.25, 0.3) is 0 Å². The summed E-state index contributed by atoms with van der Waals surface area (Å²) in [5, 5.41) is 5.05. The second-order valence-electron chi connectivity index (χ2n) is 13.8. The van der Waals surface area contributed by atoms with Crippen LogP contribution in [0.15, 0.2) is 218 Å². The summed E-state index contributed by atoms with van der Waals surface area (Å²) in [6.07, 6.45) is 0. The van der Waals surface area contributed by atoms with Crippen LogP contribution >= 0.6 is 0 Å². The van der Waals surface area contributed by atoms with Crippen molar-refractivity contribution in [2.75, 3.05) is 4.90 Å². The standard InChI is InChI=1S/C52H36N2/c1-2-13-37(14-3-1)41-17-10-19-45(35-41)53(44-33-29-40(30-34-44)48-24-12-16-39-15-4-5-21-47(39)48)43-31-27-38(28-32-43)42-18-11-20-46(36-42)54-51-25-8-6-22-49(51)50-23-7-9-26-52(50)54/h1-36H. The Labute approximate surface area is 315 Å². The van der Waals surface area contributed by atoms with E-state index >= 15 is 0 Å². The highest BCUT2D eigenvalue weighted by Crippen LogP contribution is 2.40. The number of fused-ring (bicyclic) bond motifs is 4. The second-order valence-corrected chi connectivity index (χ2v) is 13.8. The first-order valence-electron chi connectivity index (χ1n) is 18.5. The summed E-state index contributed by atoms with van der Waals surface area (Å²) in [6, 6.07) is 78.8. The number of anilines is 3. The van der Waals surface area contributed by atoms with Crippen molar-refractivity contribution >= 4 is 49.6 Å². The summed E-state index contributed by atoms with van der Waals surface area (Å²) >= 11 is 0. The van der Waals surface area contributed by atoms with Gasteiger partial charge in [0.15, 0.2) is 0 Å². The molecule has 0 atom stereocenters. The molecule has 0 aliphatic carbocycles. The van der Waals surface area contributed by atoms with E-state index in [9.17, 15) is 0 Å². The molecule has 54 heavy (non-hydrogen) atoms. The molecule has 2 heteroatoms. The number of para-hydroxylation sites is 2. The molecule has 2 nitrogen and oxygen atoms in total. The van der Waals surface area contributed by atoms with E-state index in [1.165, 1.54) is 66.0 Å². The van der Waals surface area contributed by atoms with Crippen molar-refractivity contribution in [3.63, 3.8) is 0 Å². The fraction of sp³-hybridized carbons (Fsp3) is 0. The van der Waals surface area contributed by atoms with Crippen LogP contribution in [0.25, 0.3) is 71.6 Å². The lowest BCUT2D eigenvalue weighted by Gasteiger charge is -2.26. The third-order valence-electron chi connectivity index (χ3n) is 10.6. The van der Waals surface area contributed by atoms with Crippen LogP contribution in [0.4, 0.5) is 17.1 Å². The Morgan fingerprint density at radius 2 is 0.796 bits per heavy atom. The number of benzene rings is 9. The van der Waals surface area contributed by atoms with Gasteiger partial charge in [0.1, 0.15) is 0 Å². The maximum Gasteiger partial charge on any atom is 0.0541 e. The predicted molar refractivity (Wildman–Crippen MR) is 229 cm³/mol. The van der Waals surface area contributed by atoms with Gasteiger partial charge < -0.3 is 9.47 Å². The monoisotopic (exact) mass is 688 g/mol. The Bertz CT molecular complexity index is 2860. The van der Waals surface area contributed by atoms with Crippen LogP contribution in [0, 0.1) is 0 Å². The van der Waals surface area contributed by atoms with Crippen LogP contribution < -0.4 is 4.90 Å². The molecule has 9 aromatic carbocycles. The molecule has 0 unspecified atom stereocenters. The lowest BCUT2D eigenvalue weighted by Crippen LogP contribution is -2.10.